The van der Waals surface area contributed by atoms with Crippen LogP contribution in [0.4, 0.5) is 11.4 Å². The highest BCUT2D eigenvalue weighted by Crippen LogP contribution is 2.32. The van der Waals surface area contributed by atoms with E-state index in [2.05, 4.69) is 4.98 Å². The van der Waals surface area contributed by atoms with Gasteiger partial charge in [0.2, 0.25) is 0 Å². The average molecular weight is 191 g/mol. The van der Waals surface area contributed by atoms with Gasteiger partial charge in [-0.25, -0.2) is 4.98 Å². The molecule has 4 heteroatoms. The fourth-order valence-corrected chi connectivity index (χ4v) is 1.91. The largest absolute Gasteiger partial charge is 0.398 e. The summed E-state index contributed by atoms with van der Waals surface area (Å²) < 4.78 is 0. The van der Waals surface area contributed by atoms with Crippen LogP contribution >= 0.6 is 11.3 Å². The second kappa shape index (κ2) is 3.06. The highest BCUT2D eigenvalue weighted by molar-refractivity contribution is 7.13. The lowest BCUT2D eigenvalue weighted by atomic mass is 10.1. The number of thiazole rings is 1. The number of nitrogen functional groups attached to an aromatic ring is 2. The van der Waals surface area contributed by atoms with Crippen molar-refractivity contribution in [1.82, 2.24) is 4.98 Å². The van der Waals surface area contributed by atoms with Gasteiger partial charge in [-0.2, -0.15) is 0 Å². The zero-order chi connectivity index (χ0) is 9.26. The Morgan fingerprint density at radius 2 is 1.85 bits per heavy atom. The minimum atomic E-state index is 0.676. The van der Waals surface area contributed by atoms with E-state index in [1.165, 1.54) is 11.3 Å². The minimum absolute atomic E-state index is 0.676. The molecule has 0 atom stereocenters. The Kier molecular flexibility index (Phi) is 1.90. The maximum absolute atomic E-state index is 5.80. The molecule has 2 rings (SSSR count). The van der Waals surface area contributed by atoms with Crippen molar-refractivity contribution in [2.75, 3.05) is 11.5 Å². The molecular formula is C9H9N3S. The molecule has 4 N–H and O–H groups in total. The quantitative estimate of drug-likeness (QED) is 0.677. The lowest BCUT2D eigenvalue weighted by molar-refractivity contribution is 1.41. The van der Waals surface area contributed by atoms with Crippen molar-refractivity contribution in [2.24, 2.45) is 0 Å². The number of nitrogens with zero attached hydrogens (tertiary/aromatic N) is 1. The van der Waals surface area contributed by atoms with Crippen LogP contribution in [0.1, 0.15) is 0 Å². The zero-order valence-corrected chi connectivity index (χ0v) is 7.71. The monoisotopic (exact) mass is 191 g/mol. The van der Waals surface area contributed by atoms with E-state index in [0.29, 0.717) is 11.4 Å². The highest BCUT2D eigenvalue weighted by atomic mass is 32.1. The number of rotatable bonds is 1. The molecule has 0 fully saturated rings. The van der Waals surface area contributed by atoms with Crippen molar-refractivity contribution < 1.29 is 0 Å². The third kappa shape index (κ3) is 1.36. The van der Waals surface area contributed by atoms with E-state index in [4.69, 9.17) is 11.5 Å². The molecular weight excluding hydrogens is 182 g/mol. The summed E-state index contributed by atoms with van der Waals surface area (Å²) >= 11 is 1.53. The van der Waals surface area contributed by atoms with Crippen molar-refractivity contribution >= 4 is 22.7 Å². The first-order chi connectivity index (χ1) is 6.29. The Bertz CT molecular complexity index is 389. The van der Waals surface area contributed by atoms with Crippen molar-refractivity contribution in [3.8, 4) is 10.6 Å². The summed E-state index contributed by atoms with van der Waals surface area (Å²) in [7, 11) is 0. The van der Waals surface area contributed by atoms with Crippen molar-refractivity contribution in [2.45, 2.75) is 0 Å². The van der Waals surface area contributed by atoms with Gasteiger partial charge in [-0.3, -0.25) is 0 Å². The van der Waals surface area contributed by atoms with Gasteiger partial charge in [-0.1, -0.05) is 6.07 Å². The first-order valence-electron chi connectivity index (χ1n) is 3.83. The summed E-state index contributed by atoms with van der Waals surface area (Å²) in [6.07, 6.45) is 1.74. The second-order valence-corrected chi connectivity index (χ2v) is 3.54. The average Bonchev–Trinajstić information content (AvgIpc) is 2.57. The van der Waals surface area contributed by atoms with Crippen LogP contribution in [0.2, 0.25) is 0 Å². The Morgan fingerprint density at radius 1 is 1.15 bits per heavy atom. The fraction of sp³-hybridized carbons (Fsp3) is 0. The summed E-state index contributed by atoms with van der Waals surface area (Å²) in [5.74, 6) is 0. The molecule has 0 radical (unpaired) electrons. The number of aromatic nitrogens is 1. The second-order valence-electron chi connectivity index (χ2n) is 2.65. The lowest BCUT2D eigenvalue weighted by Crippen LogP contribution is -1.95. The van der Waals surface area contributed by atoms with Crippen LogP contribution in [0.25, 0.3) is 10.6 Å². The predicted molar refractivity (Wildman–Crippen MR) is 56.4 cm³/mol. The van der Waals surface area contributed by atoms with Gasteiger partial charge in [-0.05, 0) is 12.1 Å². The Labute approximate surface area is 80.0 Å². The Hall–Kier alpha value is -1.55. The molecule has 2 aromatic rings. The van der Waals surface area contributed by atoms with Gasteiger partial charge in [0.1, 0.15) is 5.01 Å². The van der Waals surface area contributed by atoms with Gasteiger partial charge in [-0.15, -0.1) is 11.3 Å². The molecule has 0 aliphatic heterocycles. The first kappa shape index (κ1) is 8.07. The molecule has 0 spiro atoms. The van der Waals surface area contributed by atoms with Gasteiger partial charge >= 0.3 is 0 Å². The van der Waals surface area contributed by atoms with E-state index in [9.17, 15) is 0 Å². The number of anilines is 2. The number of benzene rings is 1. The molecule has 0 saturated heterocycles. The molecule has 13 heavy (non-hydrogen) atoms. The summed E-state index contributed by atoms with van der Waals surface area (Å²) in [6, 6.07) is 5.49. The summed E-state index contributed by atoms with van der Waals surface area (Å²) in [6.45, 7) is 0. The van der Waals surface area contributed by atoms with Crippen molar-refractivity contribution in [3.05, 3.63) is 29.8 Å². The lowest BCUT2D eigenvalue weighted by Gasteiger charge is -2.04. The SMILES string of the molecule is Nc1cccc(N)c1-c1nccs1. The molecule has 0 saturated carbocycles. The van der Waals surface area contributed by atoms with Crippen LogP contribution in [-0.2, 0) is 0 Å². The normalized spacial score (nSPS) is 10.2. The van der Waals surface area contributed by atoms with Gasteiger partial charge < -0.3 is 11.5 Å². The smallest absolute Gasteiger partial charge is 0.127 e. The van der Waals surface area contributed by atoms with Crippen LogP contribution < -0.4 is 11.5 Å². The fourth-order valence-electron chi connectivity index (χ4n) is 1.18. The maximum Gasteiger partial charge on any atom is 0.127 e. The van der Waals surface area contributed by atoms with E-state index in [0.717, 1.165) is 10.6 Å². The van der Waals surface area contributed by atoms with Crippen LogP contribution in [0.15, 0.2) is 29.8 Å². The van der Waals surface area contributed by atoms with E-state index in [1.807, 2.05) is 23.6 Å². The molecule has 0 aliphatic rings. The first-order valence-corrected chi connectivity index (χ1v) is 4.71. The van der Waals surface area contributed by atoms with Gasteiger partial charge in [0.25, 0.3) is 0 Å². The molecule has 0 aliphatic carbocycles. The molecule has 66 valence electrons. The van der Waals surface area contributed by atoms with Crippen molar-refractivity contribution in [3.63, 3.8) is 0 Å². The van der Waals surface area contributed by atoms with Crippen LogP contribution in [-0.4, -0.2) is 4.98 Å². The summed E-state index contributed by atoms with van der Waals surface area (Å²) in [5, 5.41) is 2.77. The van der Waals surface area contributed by atoms with E-state index >= 15 is 0 Å². The number of hydrogen-bond donors (Lipinski definition) is 2. The van der Waals surface area contributed by atoms with E-state index in [-0.39, 0.29) is 0 Å². The molecule has 0 amide bonds. The highest BCUT2D eigenvalue weighted by Gasteiger charge is 2.07. The Morgan fingerprint density at radius 3 is 2.38 bits per heavy atom. The van der Waals surface area contributed by atoms with Gasteiger partial charge in [0.15, 0.2) is 0 Å². The van der Waals surface area contributed by atoms with E-state index < -0.39 is 0 Å². The predicted octanol–water partition coefficient (Wildman–Crippen LogP) is 1.97. The minimum Gasteiger partial charge on any atom is -0.398 e. The molecule has 1 aromatic carbocycles. The maximum atomic E-state index is 5.80. The summed E-state index contributed by atoms with van der Waals surface area (Å²) in [5.41, 5.74) is 13.8. The van der Waals surface area contributed by atoms with Crippen molar-refractivity contribution in [1.29, 1.82) is 0 Å². The number of nitrogens with two attached hydrogens (primary N) is 2. The molecule has 0 bridgehead atoms. The molecule has 1 heterocycles. The number of hydrogen-bond acceptors (Lipinski definition) is 4. The van der Waals surface area contributed by atoms with Crippen LogP contribution in [0, 0.1) is 0 Å². The summed E-state index contributed by atoms with van der Waals surface area (Å²) in [4.78, 5) is 4.17. The van der Waals surface area contributed by atoms with Gasteiger partial charge in [0.05, 0.1) is 5.56 Å². The molecule has 1 aromatic heterocycles. The molecule has 3 nitrogen and oxygen atoms in total. The third-order valence-electron chi connectivity index (χ3n) is 1.78. The topological polar surface area (TPSA) is 64.9 Å². The van der Waals surface area contributed by atoms with E-state index in [1.54, 1.807) is 6.20 Å². The van der Waals surface area contributed by atoms with Crippen LogP contribution in [0.3, 0.4) is 0 Å². The molecule has 0 unspecified atom stereocenters. The third-order valence-corrected chi connectivity index (χ3v) is 2.57. The standard InChI is InChI=1S/C9H9N3S/c10-6-2-1-3-7(11)8(6)9-12-4-5-13-9/h1-5H,10-11H2. The van der Waals surface area contributed by atoms with Crippen LogP contribution in [0.5, 0.6) is 0 Å². The Balaban J connectivity index is 2.64. The zero-order valence-electron chi connectivity index (χ0n) is 6.90. The van der Waals surface area contributed by atoms with Gasteiger partial charge in [0, 0.05) is 23.0 Å².